The van der Waals surface area contributed by atoms with Crippen LogP contribution in [0.5, 0.6) is 11.6 Å². The van der Waals surface area contributed by atoms with Crippen LogP contribution in [0.4, 0.5) is 0 Å². The average molecular weight is 257 g/mol. The Morgan fingerprint density at radius 3 is 2.79 bits per heavy atom. The van der Waals surface area contributed by atoms with Gasteiger partial charge in [0.25, 0.3) is 0 Å². The van der Waals surface area contributed by atoms with Crippen LogP contribution in [0.1, 0.15) is 11.3 Å². The van der Waals surface area contributed by atoms with Gasteiger partial charge < -0.3 is 15.2 Å². The first-order chi connectivity index (χ1) is 9.19. The summed E-state index contributed by atoms with van der Waals surface area (Å²) in [5.74, 6) is 1.15. The summed E-state index contributed by atoms with van der Waals surface area (Å²) in [6.07, 6.45) is 0. The van der Waals surface area contributed by atoms with Gasteiger partial charge in [-0.15, -0.1) is 0 Å². The fourth-order valence-electron chi connectivity index (χ4n) is 1.56. The molecule has 0 amide bonds. The van der Waals surface area contributed by atoms with Crippen molar-refractivity contribution in [2.75, 3.05) is 7.11 Å². The van der Waals surface area contributed by atoms with Crippen molar-refractivity contribution in [3.05, 3.63) is 53.7 Å². The number of nitrogens with one attached hydrogen (secondary N) is 1. The highest BCUT2D eigenvalue weighted by molar-refractivity contribution is 5.93. The number of hydrogen-bond donors (Lipinski definition) is 2. The molecule has 0 atom stereocenters. The van der Waals surface area contributed by atoms with Crippen LogP contribution in [0.2, 0.25) is 0 Å². The smallest absolute Gasteiger partial charge is 0.214 e. The third-order valence-corrected chi connectivity index (χ3v) is 2.52. The first kappa shape index (κ1) is 12.9. The molecular formula is C14H15N3O2. The van der Waals surface area contributed by atoms with E-state index >= 15 is 0 Å². The summed E-state index contributed by atoms with van der Waals surface area (Å²) in [5.41, 5.74) is 6.76. The molecule has 2 aromatic rings. The quantitative estimate of drug-likeness (QED) is 0.633. The van der Waals surface area contributed by atoms with Crippen molar-refractivity contribution in [2.24, 2.45) is 5.73 Å². The van der Waals surface area contributed by atoms with E-state index in [1.165, 1.54) is 0 Å². The Balaban J connectivity index is 2.05. The SMILES string of the molecule is COc1cccc(COc2cccc(C(=N)N)n2)c1. The molecule has 0 aliphatic carbocycles. The van der Waals surface area contributed by atoms with Crippen LogP contribution in [0.15, 0.2) is 42.5 Å². The van der Waals surface area contributed by atoms with Crippen molar-refractivity contribution in [2.45, 2.75) is 6.61 Å². The Bertz CT molecular complexity index is 584. The number of benzene rings is 1. The molecule has 0 fully saturated rings. The van der Waals surface area contributed by atoms with Gasteiger partial charge in [0.05, 0.1) is 7.11 Å². The maximum atomic E-state index is 7.32. The molecule has 0 aliphatic heterocycles. The minimum Gasteiger partial charge on any atom is -0.497 e. The maximum Gasteiger partial charge on any atom is 0.214 e. The molecule has 3 N–H and O–H groups in total. The zero-order chi connectivity index (χ0) is 13.7. The van der Waals surface area contributed by atoms with E-state index in [1.807, 2.05) is 24.3 Å². The average Bonchev–Trinajstić information content (AvgIpc) is 2.45. The molecular weight excluding hydrogens is 242 g/mol. The Kier molecular flexibility index (Phi) is 3.97. The Morgan fingerprint density at radius 2 is 2.05 bits per heavy atom. The van der Waals surface area contributed by atoms with Gasteiger partial charge in [0.15, 0.2) is 0 Å². The minimum atomic E-state index is -0.0770. The molecule has 19 heavy (non-hydrogen) atoms. The summed E-state index contributed by atoms with van der Waals surface area (Å²) < 4.78 is 10.7. The molecule has 98 valence electrons. The van der Waals surface area contributed by atoms with E-state index in [4.69, 9.17) is 20.6 Å². The summed E-state index contributed by atoms with van der Waals surface area (Å²) in [4.78, 5) is 4.13. The molecule has 5 nitrogen and oxygen atoms in total. The van der Waals surface area contributed by atoms with Crippen molar-refractivity contribution in [3.8, 4) is 11.6 Å². The fourth-order valence-corrected chi connectivity index (χ4v) is 1.56. The van der Waals surface area contributed by atoms with Crippen LogP contribution in [-0.4, -0.2) is 17.9 Å². The van der Waals surface area contributed by atoms with Crippen LogP contribution >= 0.6 is 0 Å². The second-order valence-electron chi connectivity index (χ2n) is 3.91. The molecule has 0 aliphatic rings. The van der Waals surface area contributed by atoms with Gasteiger partial charge in [0.1, 0.15) is 23.9 Å². The molecule has 1 heterocycles. The van der Waals surface area contributed by atoms with E-state index < -0.39 is 0 Å². The molecule has 0 bridgehead atoms. The lowest BCUT2D eigenvalue weighted by Gasteiger charge is -2.07. The van der Waals surface area contributed by atoms with Crippen molar-refractivity contribution < 1.29 is 9.47 Å². The highest BCUT2D eigenvalue weighted by Gasteiger charge is 2.02. The number of pyridine rings is 1. The standard InChI is InChI=1S/C14H15N3O2/c1-18-11-5-2-4-10(8-11)9-19-13-7-3-6-12(17-13)14(15)16/h2-8H,9H2,1H3,(H3,15,16). The van der Waals surface area contributed by atoms with E-state index in [1.54, 1.807) is 25.3 Å². The second kappa shape index (κ2) is 5.86. The van der Waals surface area contributed by atoms with E-state index in [-0.39, 0.29) is 5.84 Å². The molecule has 0 saturated heterocycles. The normalized spacial score (nSPS) is 9.95. The Morgan fingerprint density at radius 1 is 1.26 bits per heavy atom. The van der Waals surface area contributed by atoms with Crippen LogP contribution in [0.25, 0.3) is 0 Å². The van der Waals surface area contributed by atoms with Crippen LogP contribution in [0, 0.1) is 5.41 Å². The number of methoxy groups -OCH3 is 1. The molecule has 5 heteroatoms. The lowest BCUT2D eigenvalue weighted by atomic mass is 10.2. The predicted octanol–water partition coefficient (Wildman–Crippen LogP) is 1.95. The lowest BCUT2D eigenvalue weighted by Crippen LogP contribution is -2.13. The molecule has 2 rings (SSSR count). The number of nitrogens with zero attached hydrogens (tertiary/aromatic N) is 1. The third-order valence-electron chi connectivity index (χ3n) is 2.52. The first-order valence-corrected chi connectivity index (χ1v) is 5.76. The largest absolute Gasteiger partial charge is 0.497 e. The summed E-state index contributed by atoms with van der Waals surface area (Å²) in [6.45, 7) is 0.381. The van der Waals surface area contributed by atoms with Gasteiger partial charge in [-0.25, -0.2) is 4.98 Å². The topological polar surface area (TPSA) is 81.2 Å². The number of hydrogen-bond acceptors (Lipinski definition) is 4. The highest BCUT2D eigenvalue weighted by atomic mass is 16.5. The van der Waals surface area contributed by atoms with Gasteiger partial charge in [0.2, 0.25) is 5.88 Å². The van der Waals surface area contributed by atoms with Gasteiger partial charge >= 0.3 is 0 Å². The predicted molar refractivity (Wildman–Crippen MR) is 72.6 cm³/mol. The number of amidine groups is 1. The summed E-state index contributed by atoms with van der Waals surface area (Å²) in [6, 6.07) is 12.8. The van der Waals surface area contributed by atoms with Gasteiger partial charge in [-0.2, -0.15) is 0 Å². The van der Waals surface area contributed by atoms with Gasteiger partial charge in [0, 0.05) is 6.07 Å². The van der Waals surface area contributed by atoms with E-state index in [0.29, 0.717) is 18.2 Å². The number of ether oxygens (including phenoxy) is 2. The van der Waals surface area contributed by atoms with Crippen LogP contribution in [-0.2, 0) is 6.61 Å². The maximum absolute atomic E-state index is 7.32. The summed E-state index contributed by atoms with van der Waals surface area (Å²) in [7, 11) is 1.62. The third kappa shape index (κ3) is 3.45. The number of nitrogen functional groups attached to an aromatic ring is 1. The van der Waals surface area contributed by atoms with Crippen molar-refractivity contribution in [1.29, 1.82) is 5.41 Å². The second-order valence-corrected chi connectivity index (χ2v) is 3.91. The summed E-state index contributed by atoms with van der Waals surface area (Å²) >= 11 is 0. The number of nitrogens with two attached hydrogens (primary N) is 1. The van der Waals surface area contributed by atoms with Crippen LogP contribution in [0.3, 0.4) is 0 Å². The van der Waals surface area contributed by atoms with Gasteiger partial charge in [-0.1, -0.05) is 18.2 Å². The van der Waals surface area contributed by atoms with Crippen molar-refractivity contribution in [1.82, 2.24) is 4.98 Å². The van der Waals surface area contributed by atoms with E-state index in [9.17, 15) is 0 Å². The highest BCUT2D eigenvalue weighted by Crippen LogP contribution is 2.15. The van der Waals surface area contributed by atoms with Gasteiger partial charge in [-0.3, -0.25) is 5.41 Å². The minimum absolute atomic E-state index is 0.0770. The number of rotatable bonds is 5. The molecule has 0 unspecified atom stereocenters. The molecule has 1 aromatic heterocycles. The first-order valence-electron chi connectivity index (χ1n) is 5.76. The van der Waals surface area contributed by atoms with Crippen molar-refractivity contribution in [3.63, 3.8) is 0 Å². The monoisotopic (exact) mass is 257 g/mol. The Labute approximate surface area is 111 Å². The van der Waals surface area contributed by atoms with E-state index in [2.05, 4.69) is 4.98 Å². The molecule has 1 aromatic carbocycles. The molecule has 0 spiro atoms. The van der Waals surface area contributed by atoms with Crippen LogP contribution < -0.4 is 15.2 Å². The molecule has 0 radical (unpaired) electrons. The van der Waals surface area contributed by atoms with Crippen molar-refractivity contribution >= 4 is 5.84 Å². The molecule has 0 saturated carbocycles. The zero-order valence-electron chi connectivity index (χ0n) is 10.6. The number of aromatic nitrogens is 1. The lowest BCUT2D eigenvalue weighted by molar-refractivity contribution is 0.293. The van der Waals surface area contributed by atoms with Gasteiger partial charge in [-0.05, 0) is 23.8 Å². The Hall–Kier alpha value is -2.56. The summed E-state index contributed by atoms with van der Waals surface area (Å²) in [5, 5.41) is 7.32. The van der Waals surface area contributed by atoms with E-state index in [0.717, 1.165) is 11.3 Å². The zero-order valence-corrected chi connectivity index (χ0v) is 10.6. The fraction of sp³-hybridized carbons (Fsp3) is 0.143.